The van der Waals surface area contributed by atoms with Crippen molar-refractivity contribution in [2.75, 3.05) is 0 Å². The van der Waals surface area contributed by atoms with Crippen molar-refractivity contribution in [1.82, 2.24) is 0 Å². The van der Waals surface area contributed by atoms with E-state index in [4.69, 9.17) is 5.73 Å². The van der Waals surface area contributed by atoms with Gasteiger partial charge in [-0.3, -0.25) is 10.1 Å². The summed E-state index contributed by atoms with van der Waals surface area (Å²) < 4.78 is 13.2. The zero-order chi connectivity index (χ0) is 11.9. The van der Waals surface area contributed by atoms with Gasteiger partial charge >= 0.3 is 5.69 Å². The van der Waals surface area contributed by atoms with E-state index in [1.807, 2.05) is 6.92 Å². The SMILES string of the molecule is CC(N)C1(c2ccc(F)c([N+](=O)[O-])c2)CC1. The highest BCUT2D eigenvalue weighted by atomic mass is 19.1. The fraction of sp³-hybridized carbons (Fsp3) is 0.455. The van der Waals surface area contributed by atoms with Crippen molar-refractivity contribution >= 4 is 5.69 Å². The van der Waals surface area contributed by atoms with E-state index in [0.717, 1.165) is 24.5 Å². The van der Waals surface area contributed by atoms with E-state index in [1.165, 1.54) is 6.07 Å². The van der Waals surface area contributed by atoms with Crippen molar-refractivity contribution in [2.45, 2.75) is 31.2 Å². The van der Waals surface area contributed by atoms with Gasteiger partial charge in [-0.15, -0.1) is 0 Å². The Labute approximate surface area is 92.4 Å². The van der Waals surface area contributed by atoms with E-state index in [0.29, 0.717) is 0 Å². The van der Waals surface area contributed by atoms with Crippen molar-refractivity contribution in [3.05, 3.63) is 39.7 Å². The molecule has 1 fully saturated rings. The third kappa shape index (κ3) is 1.57. The van der Waals surface area contributed by atoms with Crippen LogP contribution in [0, 0.1) is 15.9 Å². The average molecular weight is 224 g/mol. The van der Waals surface area contributed by atoms with E-state index in [1.54, 1.807) is 6.07 Å². The van der Waals surface area contributed by atoms with Crippen LogP contribution >= 0.6 is 0 Å². The first-order valence-electron chi connectivity index (χ1n) is 5.17. The van der Waals surface area contributed by atoms with Gasteiger partial charge in [0, 0.05) is 17.5 Å². The zero-order valence-corrected chi connectivity index (χ0v) is 8.94. The number of hydrogen-bond donors (Lipinski definition) is 1. The fourth-order valence-corrected chi connectivity index (χ4v) is 2.10. The lowest BCUT2D eigenvalue weighted by molar-refractivity contribution is -0.387. The molecule has 0 saturated heterocycles. The maximum Gasteiger partial charge on any atom is 0.305 e. The highest BCUT2D eigenvalue weighted by Crippen LogP contribution is 2.50. The molecular weight excluding hydrogens is 211 g/mol. The maximum atomic E-state index is 13.2. The number of nitro benzene ring substituents is 1. The quantitative estimate of drug-likeness (QED) is 0.631. The Morgan fingerprint density at radius 1 is 1.56 bits per heavy atom. The average Bonchev–Trinajstić information content (AvgIpc) is 2.98. The summed E-state index contributed by atoms with van der Waals surface area (Å²) in [7, 11) is 0. The predicted octanol–water partition coefficient (Wildman–Crippen LogP) is 2.11. The Balaban J connectivity index is 2.44. The van der Waals surface area contributed by atoms with Crippen LogP contribution in [0.3, 0.4) is 0 Å². The van der Waals surface area contributed by atoms with Crippen molar-refractivity contribution in [3.63, 3.8) is 0 Å². The van der Waals surface area contributed by atoms with Gasteiger partial charge in [-0.25, -0.2) is 0 Å². The molecule has 0 radical (unpaired) electrons. The van der Waals surface area contributed by atoms with Crippen LogP contribution in [0.25, 0.3) is 0 Å². The van der Waals surface area contributed by atoms with Gasteiger partial charge in [0.1, 0.15) is 0 Å². The Hall–Kier alpha value is -1.49. The van der Waals surface area contributed by atoms with Gasteiger partial charge < -0.3 is 5.73 Å². The molecule has 86 valence electrons. The lowest BCUT2D eigenvalue weighted by Gasteiger charge is -2.19. The summed E-state index contributed by atoms with van der Waals surface area (Å²) in [6.07, 6.45) is 1.82. The van der Waals surface area contributed by atoms with Crippen molar-refractivity contribution in [3.8, 4) is 0 Å². The Morgan fingerprint density at radius 2 is 2.19 bits per heavy atom. The van der Waals surface area contributed by atoms with E-state index in [9.17, 15) is 14.5 Å². The highest BCUT2D eigenvalue weighted by Gasteiger charge is 2.48. The van der Waals surface area contributed by atoms with Crippen LogP contribution in [0.4, 0.5) is 10.1 Å². The van der Waals surface area contributed by atoms with Crippen molar-refractivity contribution < 1.29 is 9.31 Å². The third-order valence-electron chi connectivity index (χ3n) is 3.38. The first-order valence-corrected chi connectivity index (χ1v) is 5.17. The first-order chi connectivity index (χ1) is 7.47. The monoisotopic (exact) mass is 224 g/mol. The Bertz CT molecular complexity index is 442. The topological polar surface area (TPSA) is 69.2 Å². The molecule has 4 nitrogen and oxygen atoms in total. The first kappa shape index (κ1) is 11.0. The largest absolute Gasteiger partial charge is 0.327 e. The summed E-state index contributed by atoms with van der Waals surface area (Å²) in [6.45, 7) is 1.88. The van der Waals surface area contributed by atoms with Gasteiger partial charge in [-0.05, 0) is 31.4 Å². The number of halogens is 1. The fourth-order valence-electron chi connectivity index (χ4n) is 2.10. The van der Waals surface area contributed by atoms with Crippen LogP contribution in [-0.2, 0) is 5.41 Å². The number of nitrogens with two attached hydrogens (primary N) is 1. The molecule has 2 N–H and O–H groups in total. The molecule has 1 aromatic carbocycles. The molecule has 16 heavy (non-hydrogen) atoms. The minimum atomic E-state index is -0.797. The van der Waals surface area contributed by atoms with Gasteiger partial charge in [-0.2, -0.15) is 4.39 Å². The van der Waals surface area contributed by atoms with E-state index >= 15 is 0 Å². The van der Waals surface area contributed by atoms with E-state index in [-0.39, 0.29) is 11.5 Å². The molecule has 2 rings (SSSR count). The number of hydrogen-bond acceptors (Lipinski definition) is 3. The molecule has 0 aromatic heterocycles. The van der Waals surface area contributed by atoms with E-state index < -0.39 is 16.4 Å². The standard InChI is InChI=1S/C11H13FN2O2/c1-7(13)11(4-5-11)8-2-3-9(12)10(6-8)14(15)16/h2-3,6-7H,4-5,13H2,1H3. The van der Waals surface area contributed by atoms with Gasteiger partial charge in [0.15, 0.2) is 0 Å². The van der Waals surface area contributed by atoms with Gasteiger partial charge in [-0.1, -0.05) is 6.07 Å². The summed E-state index contributed by atoms with van der Waals surface area (Å²) >= 11 is 0. The summed E-state index contributed by atoms with van der Waals surface area (Å²) in [4.78, 5) is 9.93. The summed E-state index contributed by atoms with van der Waals surface area (Å²) in [5.41, 5.74) is 5.99. The summed E-state index contributed by atoms with van der Waals surface area (Å²) in [5.74, 6) is -0.797. The van der Waals surface area contributed by atoms with Gasteiger partial charge in [0.2, 0.25) is 5.82 Å². The lowest BCUT2D eigenvalue weighted by atomic mass is 9.89. The third-order valence-corrected chi connectivity index (χ3v) is 3.38. The van der Waals surface area contributed by atoms with Crippen LogP contribution in [0.5, 0.6) is 0 Å². The second-order valence-electron chi connectivity index (χ2n) is 4.37. The number of nitro groups is 1. The molecule has 0 bridgehead atoms. The lowest BCUT2D eigenvalue weighted by Crippen LogP contribution is -2.31. The van der Waals surface area contributed by atoms with E-state index in [2.05, 4.69) is 0 Å². The predicted molar refractivity (Wildman–Crippen MR) is 57.6 cm³/mol. The molecule has 1 saturated carbocycles. The summed E-state index contributed by atoms with van der Waals surface area (Å²) in [5, 5.41) is 10.6. The minimum Gasteiger partial charge on any atom is -0.327 e. The minimum absolute atomic E-state index is 0.0717. The van der Waals surface area contributed by atoms with Gasteiger partial charge in [0.25, 0.3) is 0 Å². The van der Waals surface area contributed by atoms with Crippen LogP contribution in [0.1, 0.15) is 25.3 Å². The Morgan fingerprint density at radius 3 is 2.62 bits per heavy atom. The number of benzene rings is 1. The molecule has 1 aliphatic carbocycles. The van der Waals surface area contributed by atoms with Crippen molar-refractivity contribution in [1.29, 1.82) is 0 Å². The van der Waals surface area contributed by atoms with Crippen molar-refractivity contribution in [2.24, 2.45) is 5.73 Å². The highest BCUT2D eigenvalue weighted by molar-refractivity contribution is 5.43. The zero-order valence-electron chi connectivity index (χ0n) is 8.94. The molecule has 1 aliphatic rings. The van der Waals surface area contributed by atoms with Crippen LogP contribution in [-0.4, -0.2) is 11.0 Å². The smallest absolute Gasteiger partial charge is 0.305 e. The molecule has 1 aromatic rings. The van der Waals surface area contributed by atoms with Gasteiger partial charge in [0.05, 0.1) is 4.92 Å². The second-order valence-corrected chi connectivity index (χ2v) is 4.37. The normalized spacial score (nSPS) is 19.2. The number of rotatable bonds is 3. The second kappa shape index (κ2) is 3.52. The molecule has 5 heteroatoms. The molecule has 0 aliphatic heterocycles. The van der Waals surface area contributed by atoms with Crippen LogP contribution < -0.4 is 5.73 Å². The molecule has 0 heterocycles. The van der Waals surface area contributed by atoms with Crippen LogP contribution in [0.15, 0.2) is 18.2 Å². The Kier molecular flexibility index (Phi) is 2.42. The summed E-state index contributed by atoms with van der Waals surface area (Å²) in [6, 6.07) is 3.98. The molecule has 1 atom stereocenters. The molecule has 0 spiro atoms. The molecular formula is C11H13FN2O2. The number of nitrogens with zero attached hydrogens (tertiary/aromatic N) is 1. The maximum absolute atomic E-state index is 13.2. The molecule has 1 unspecified atom stereocenters. The molecule has 0 amide bonds. The van der Waals surface area contributed by atoms with Crippen LogP contribution in [0.2, 0.25) is 0 Å².